The van der Waals surface area contributed by atoms with Crippen molar-refractivity contribution in [2.75, 3.05) is 5.32 Å². The number of imidazole rings is 1. The van der Waals surface area contributed by atoms with Crippen molar-refractivity contribution in [2.24, 2.45) is 7.05 Å². The van der Waals surface area contributed by atoms with Crippen molar-refractivity contribution < 1.29 is 4.57 Å². The summed E-state index contributed by atoms with van der Waals surface area (Å²) < 4.78 is 3.58. The first-order valence-corrected chi connectivity index (χ1v) is 11.3. The number of H-pyrrole nitrogens is 1. The number of nitrogens with one attached hydrogen (secondary N) is 2. The summed E-state index contributed by atoms with van der Waals surface area (Å²) in [7, 11) is 1.92. The third-order valence-corrected chi connectivity index (χ3v) is 6.04. The highest BCUT2D eigenvalue weighted by Gasteiger charge is 2.19. The van der Waals surface area contributed by atoms with Gasteiger partial charge in [0.15, 0.2) is 0 Å². The fraction of sp³-hybridized carbons (Fsp3) is 0.160. The maximum Gasteiger partial charge on any atom is 0.393 e. The molecule has 8 nitrogen and oxygen atoms in total. The topological polar surface area (TPSA) is 92.4 Å². The zero-order valence-corrected chi connectivity index (χ0v) is 19.5. The Balaban J connectivity index is 1.58. The molecule has 0 radical (unpaired) electrons. The Hall–Kier alpha value is -4.04. The van der Waals surface area contributed by atoms with Crippen LogP contribution in [0.4, 0.5) is 5.95 Å². The standard InChI is InChI=1S/C25H22ClN7O/c1-3-33-23-18(14-32(2)25(31-23)29-13-19-12-28-15-30-19)9-21(24(33)34)20-7-6-16(10-22(20)26)17-5-4-8-27-11-17/h4-12,14-15H,3,13H2,1-2H3,(H,28,30)/p+1. The van der Waals surface area contributed by atoms with Crippen LogP contribution in [0.25, 0.3) is 33.3 Å². The predicted molar refractivity (Wildman–Crippen MR) is 132 cm³/mol. The van der Waals surface area contributed by atoms with E-state index in [1.807, 2.05) is 61.1 Å². The van der Waals surface area contributed by atoms with Crippen molar-refractivity contribution in [2.45, 2.75) is 20.0 Å². The number of rotatable bonds is 6. The molecule has 0 fully saturated rings. The monoisotopic (exact) mass is 472 g/mol. The van der Waals surface area contributed by atoms with Gasteiger partial charge in [-0.2, -0.15) is 0 Å². The van der Waals surface area contributed by atoms with E-state index in [0.29, 0.717) is 40.8 Å². The van der Waals surface area contributed by atoms with Crippen LogP contribution in [0.3, 0.4) is 0 Å². The maximum atomic E-state index is 13.5. The maximum absolute atomic E-state index is 13.5. The first-order chi connectivity index (χ1) is 16.5. The molecule has 0 atom stereocenters. The van der Waals surface area contributed by atoms with Gasteiger partial charge in [-0.25, -0.2) is 9.55 Å². The summed E-state index contributed by atoms with van der Waals surface area (Å²) in [5.41, 5.74) is 4.56. The Morgan fingerprint density at radius 2 is 2.00 bits per heavy atom. The molecule has 5 aromatic rings. The Labute approximate surface area is 200 Å². The molecule has 0 saturated heterocycles. The molecule has 9 heteroatoms. The van der Waals surface area contributed by atoms with E-state index in [0.717, 1.165) is 22.2 Å². The van der Waals surface area contributed by atoms with Gasteiger partial charge in [0, 0.05) is 40.7 Å². The zero-order chi connectivity index (χ0) is 23.7. The Morgan fingerprint density at radius 3 is 2.71 bits per heavy atom. The second-order valence-corrected chi connectivity index (χ2v) is 8.34. The highest BCUT2D eigenvalue weighted by atomic mass is 35.5. The third-order valence-electron chi connectivity index (χ3n) is 5.73. The number of aryl methyl sites for hydroxylation is 2. The Morgan fingerprint density at radius 1 is 1.12 bits per heavy atom. The lowest BCUT2D eigenvalue weighted by Gasteiger charge is -2.12. The summed E-state index contributed by atoms with van der Waals surface area (Å²) in [6, 6.07) is 11.4. The molecule has 4 heterocycles. The van der Waals surface area contributed by atoms with Gasteiger partial charge in [-0.15, -0.1) is 0 Å². The second kappa shape index (κ2) is 9.07. The van der Waals surface area contributed by atoms with Gasteiger partial charge in [0.2, 0.25) is 5.65 Å². The lowest BCUT2D eigenvalue weighted by atomic mass is 10.0. The van der Waals surface area contributed by atoms with Gasteiger partial charge in [-0.1, -0.05) is 34.8 Å². The second-order valence-electron chi connectivity index (χ2n) is 7.93. The number of aromatic nitrogens is 6. The van der Waals surface area contributed by atoms with Gasteiger partial charge in [-0.05, 0) is 30.7 Å². The molecule has 4 aromatic heterocycles. The summed E-state index contributed by atoms with van der Waals surface area (Å²) in [5.74, 6) is 0.648. The minimum absolute atomic E-state index is 0.133. The van der Waals surface area contributed by atoms with Crippen molar-refractivity contribution in [3.05, 3.63) is 88.6 Å². The van der Waals surface area contributed by atoms with E-state index in [9.17, 15) is 4.79 Å². The number of halogens is 1. The van der Waals surface area contributed by atoms with E-state index >= 15 is 0 Å². The number of pyridine rings is 2. The Kier molecular flexibility index (Phi) is 5.81. The molecule has 5 rings (SSSR count). The minimum atomic E-state index is -0.133. The number of nitrogens with zero attached hydrogens (tertiary/aromatic N) is 5. The first-order valence-electron chi connectivity index (χ1n) is 10.9. The van der Waals surface area contributed by atoms with Gasteiger partial charge in [0.1, 0.15) is 6.54 Å². The van der Waals surface area contributed by atoms with Crippen molar-refractivity contribution >= 4 is 28.6 Å². The number of hydrogen-bond acceptors (Lipinski definition) is 5. The fourth-order valence-electron chi connectivity index (χ4n) is 4.00. The number of anilines is 1. The summed E-state index contributed by atoms with van der Waals surface area (Å²) in [4.78, 5) is 29.5. The SMILES string of the molecule is CCn1c(=O)c(-c2ccc(-c3cccnc3)cc2Cl)cc2c[n+](C)c(NCc3cnc[nH]3)nc21. The minimum Gasteiger partial charge on any atom is -0.346 e. The van der Waals surface area contributed by atoms with Gasteiger partial charge in [0.05, 0.1) is 36.8 Å². The van der Waals surface area contributed by atoms with Gasteiger partial charge in [0.25, 0.3) is 5.56 Å². The van der Waals surface area contributed by atoms with E-state index in [1.165, 1.54) is 0 Å². The van der Waals surface area contributed by atoms with Crippen LogP contribution >= 0.6 is 11.6 Å². The lowest BCUT2D eigenvalue weighted by molar-refractivity contribution is -0.658. The molecule has 34 heavy (non-hydrogen) atoms. The van der Waals surface area contributed by atoms with Crippen LogP contribution in [0.5, 0.6) is 0 Å². The number of hydrogen-bond donors (Lipinski definition) is 2. The van der Waals surface area contributed by atoms with E-state index < -0.39 is 0 Å². The van der Waals surface area contributed by atoms with Gasteiger partial charge in [-0.3, -0.25) is 19.7 Å². The van der Waals surface area contributed by atoms with Crippen LogP contribution in [0, 0.1) is 0 Å². The molecule has 170 valence electrons. The molecule has 0 saturated carbocycles. The van der Waals surface area contributed by atoms with Crippen LogP contribution in [0.2, 0.25) is 5.02 Å². The molecule has 0 unspecified atom stereocenters. The third kappa shape index (κ3) is 4.04. The van der Waals surface area contributed by atoms with E-state index in [-0.39, 0.29) is 5.56 Å². The van der Waals surface area contributed by atoms with Crippen molar-refractivity contribution in [3.63, 3.8) is 0 Å². The highest BCUT2D eigenvalue weighted by molar-refractivity contribution is 6.33. The molecule has 0 aliphatic heterocycles. The first kappa shape index (κ1) is 21.8. The number of fused-ring (bicyclic) bond motifs is 1. The zero-order valence-electron chi connectivity index (χ0n) is 18.8. The molecule has 0 aliphatic rings. The van der Waals surface area contributed by atoms with E-state index in [2.05, 4.69) is 20.3 Å². The summed E-state index contributed by atoms with van der Waals surface area (Å²) >= 11 is 6.67. The van der Waals surface area contributed by atoms with Gasteiger partial charge >= 0.3 is 5.95 Å². The smallest absolute Gasteiger partial charge is 0.346 e. The van der Waals surface area contributed by atoms with Crippen molar-refractivity contribution in [3.8, 4) is 22.3 Å². The quantitative estimate of drug-likeness (QED) is 0.365. The summed E-state index contributed by atoms with van der Waals surface area (Å²) in [6.07, 6.45) is 8.87. The van der Waals surface area contributed by atoms with Crippen LogP contribution in [-0.4, -0.2) is 24.5 Å². The Bertz CT molecular complexity index is 1530. The molecular weight excluding hydrogens is 450 g/mol. The predicted octanol–water partition coefficient (Wildman–Crippen LogP) is 3.96. The fourth-order valence-corrected chi connectivity index (χ4v) is 4.28. The van der Waals surface area contributed by atoms with Crippen molar-refractivity contribution in [1.82, 2.24) is 24.5 Å². The van der Waals surface area contributed by atoms with E-state index in [4.69, 9.17) is 16.6 Å². The average molecular weight is 473 g/mol. The normalized spacial score (nSPS) is 11.1. The molecule has 1 aromatic carbocycles. The number of benzene rings is 1. The summed E-state index contributed by atoms with van der Waals surface area (Å²) in [5, 5.41) is 4.65. The van der Waals surface area contributed by atoms with Crippen LogP contribution in [0.15, 0.2) is 72.3 Å². The highest BCUT2D eigenvalue weighted by Crippen LogP contribution is 2.31. The molecule has 0 amide bonds. The molecule has 2 N–H and O–H groups in total. The molecular formula is C25H23ClN7O+. The average Bonchev–Trinajstić information content (AvgIpc) is 3.37. The number of aromatic amines is 1. The van der Waals surface area contributed by atoms with Crippen molar-refractivity contribution in [1.29, 1.82) is 0 Å². The molecule has 0 bridgehead atoms. The van der Waals surface area contributed by atoms with Crippen LogP contribution in [0.1, 0.15) is 12.6 Å². The molecule has 0 aliphatic carbocycles. The molecule has 0 spiro atoms. The van der Waals surface area contributed by atoms with Crippen LogP contribution in [-0.2, 0) is 20.1 Å². The van der Waals surface area contributed by atoms with Gasteiger partial charge < -0.3 is 4.98 Å². The van der Waals surface area contributed by atoms with Crippen LogP contribution < -0.4 is 15.4 Å². The summed E-state index contributed by atoms with van der Waals surface area (Å²) in [6.45, 7) is 2.96. The lowest BCUT2D eigenvalue weighted by Crippen LogP contribution is -2.35. The largest absolute Gasteiger partial charge is 0.393 e. The van der Waals surface area contributed by atoms with E-state index in [1.54, 1.807) is 29.5 Å².